The second-order valence-electron chi connectivity index (χ2n) is 7.05. The first-order valence-corrected chi connectivity index (χ1v) is 9.42. The molecule has 0 radical (unpaired) electrons. The van der Waals surface area contributed by atoms with Gasteiger partial charge in [-0.2, -0.15) is 0 Å². The lowest BCUT2D eigenvalue weighted by molar-refractivity contribution is -0.118. The maximum atomic E-state index is 11.0. The molecule has 3 rings (SSSR count). The smallest absolute Gasteiger partial charge is 0.216 e. The van der Waals surface area contributed by atoms with E-state index in [1.54, 1.807) is 6.92 Å². The maximum Gasteiger partial charge on any atom is 0.216 e. The van der Waals surface area contributed by atoms with Crippen LogP contribution >= 0.6 is 0 Å². The van der Waals surface area contributed by atoms with Gasteiger partial charge in [-0.25, -0.2) is 4.98 Å². The zero-order valence-electron chi connectivity index (χ0n) is 14.8. The predicted molar refractivity (Wildman–Crippen MR) is 97.9 cm³/mol. The third kappa shape index (κ3) is 4.37. The summed E-state index contributed by atoms with van der Waals surface area (Å²) in [6.07, 6.45) is 10.1. The number of nitrogens with one attached hydrogen (secondary N) is 1. The van der Waals surface area contributed by atoms with Gasteiger partial charge in [0.05, 0.1) is 11.0 Å². The normalized spacial score (nSPS) is 15.7. The molecule has 1 heterocycles. The topological polar surface area (TPSA) is 46.9 Å². The highest BCUT2D eigenvalue weighted by Crippen LogP contribution is 2.28. The fraction of sp³-hybridized carbons (Fsp3) is 0.600. The quantitative estimate of drug-likeness (QED) is 0.779. The fourth-order valence-corrected chi connectivity index (χ4v) is 3.86. The number of nitrogens with zero attached hydrogens (tertiary/aromatic N) is 2. The minimum atomic E-state index is 0.0424. The number of carbonyl (C=O) groups excluding carboxylic acids is 1. The summed E-state index contributed by atoms with van der Waals surface area (Å²) in [4.78, 5) is 15.9. The van der Waals surface area contributed by atoms with Gasteiger partial charge in [0.2, 0.25) is 5.91 Å². The molecule has 1 saturated carbocycles. The van der Waals surface area contributed by atoms with E-state index in [0.29, 0.717) is 0 Å². The third-order valence-corrected chi connectivity index (χ3v) is 5.17. The summed E-state index contributed by atoms with van der Waals surface area (Å²) in [7, 11) is 0. The van der Waals surface area contributed by atoms with Crippen LogP contribution in [-0.2, 0) is 17.8 Å². The van der Waals surface area contributed by atoms with E-state index in [0.717, 1.165) is 43.2 Å². The Hall–Kier alpha value is -1.84. The van der Waals surface area contributed by atoms with Crippen LogP contribution in [0, 0.1) is 5.92 Å². The predicted octanol–water partition coefficient (Wildman–Crippen LogP) is 4.08. The molecular weight excluding hydrogens is 298 g/mol. The first kappa shape index (κ1) is 17.0. The molecule has 1 aliphatic rings. The number of imidazole rings is 1. The van der Waals surface area contributed by atoms with E-state index >= 15 is 0 Å². The molecule has 0 bridgehead atoms. The van der Waals surface area contributed by atoms with E-state index in [1.165, 1.54) is 44.0 Å². The molecule has 1 aromatic heterocycles. The largest absolute Gasteiger partial charge is 0.356 e. The molecule has 0 unspecified atom stereocenters. The van der Waals surface area contributed by atoms with E-state index in [4.69, 9.17) is 4.98 Å². The van der Waals surface area contributed by atoms with Crippen molar-refractivity contribution >= 4 is 16.9 Å². The molecule has 0 aliphatic heterocycles. The molecule has 1 N–H and O–H groups in total. The van der Waals surface area contributed by atoms with Gasteiger partial charge in [-0.3, -0.25) is 4.79 Å². The second-order valence-corrected chi connectivity index (χ2v) is 7.05. The van der Waals surface area contributed by atoms with Crippen LogP contribution in [0.3, 0.4) is 0 Å². The van der Waals surface area contributed by atoms with Crippen molar-refractivity contribution in [3.8, 4) is 0 Å². The molecule has 1 aliphatic carbocycles. The summed E-state index contributed by atoms with van der Waals surface area (Å²) in [6, 6.07) is 8.44. The van der Waals surface area contributed by atoms with Gasteiger partial charge in [-0.05, 0) is 30.9 Å². The summed E-state index contributed by atoms with van der Waals surface area (Å²) >= 11 is 0. The van der Waals surface area contributed by atoms with Crippen LogP contribution in [0.5, 0.6) is 0 Å². The number of aromatic nitrogens is 2. The van der Waals surface area contributed by atoms with Crippen LogP contribution < -0.4 is 5.32 Å². The Morgan fingerprint density at radius 1 is 1.25 bits per heavy atom. The Morgan fingerprint density at radius 2 is 2.04 bits per heavy atom. The SMILES string of the molecule is CC(=O)NCCCc1nc2ccccc2n1CCC1CCCCC1. The number of amides is 1. The molecule has 0 saturated heterocycles. The van der Waals surface area contributed by atoms with E-state index in [9.17, 15) is 4.79 Å². The molecule has 0 atom stereocenters. The van der Waals surface area contributed by atoms with E-state index < -0.39 is 0 Å². The number of rotatable bonds is 7. The molecular formula is C20H29N3O. The zero-order chi connectivity index (χ0) is 16.8. The number of hydrogen-bond acceptors (Lipinski definition) is 2. The number of para-hydroxylation sites is 2. The molecule has 0 spiro atoms. The average Bonchev–Trinajstić information content (AvgIpc) is 2.95. The molecule has 130 valence electrons. The van der Waals surface area contributed by atoms with Crippen molar-refractivity contribution in [1.29, 1.82) is 0 Å². The van der Waals surface area contributed by atoms with Crippen molar-refractivity contribution in [2.24, 2.45) is 5.92 Å². The molecule has 1 amide bonds. The van der Waals surface area contributed by atoms with Crippen LogP contribution in [0.15, 0.2) is 24.3 Å². The summed E-state index contributed by atoms with van der Waals surface area (Å²) < 4.78 is 2.41. The van der Waals surface area contributed by atoms with Crippen molar-refractivity contribution in [2.75, 3.05) is 6.54 Å². The monoisotopic (exact) mass is 327 g/mol. The molecule has 1 fully saturated rings. The number of carbonyl (C=O) groups is 1. The minimum Gasteiger partial charge on any atom is -0.356 e. The van der Waals surface area contributed by atoms with Crippen LogP contribution in [-0.4, -0.2) is 22.0 Å². The first-order chi connectivity index (χ1) is 11.7. The highest BCUT2D eigenvalue weighted by atomic mass is 16.1. The molecule has 2 aromatic rings. The van der Waals surface area contributed by atoms with Gasteiger partial charge in [0.15, 0.2) is 0 Å². The lowest BCUT2D eigenvalue weighted by atomic mass is 9.87. The van der Waals surface area contributed by atoms with E-state index in [2.05, 4.69) is 34.1 Å². The zero-order valence-corrected chi connectivity index (χ0v) is 14.8. The van der Waals surface area contributed by atoms with Gasteiger partial charge >= 0.3 is 0 Å². The van der Waals surface area contributed by atoms with Gasteiger partial charge in [0.1, 0.15) is 5.82 Å². The number of hydrogen-bond donors (Lipinski definition) is 1. The van der Waals surface area contributed by atoms with E-state index in [-0.39, 0.29) is 5.91 Å². The van der Waals surface area contributed by atoms with Crippen molar-refractivity contribution in [3.63, 3.8) is 0 Å². The van der Waals surface area contributed by atoms with Crippen LogP contribution in [0.25, 0.3) is 11.0 Å². The van der Waals surface area contributed by atoms with Crippen LogP contribution in [0.4, 0.5) is 0 Å². The van der Waals surface area contributed by atoms with E-state index in [1.807, 2.05) is 0 Å². The van der Waals surface area contributed by atoms with Gasteiger partial charge in [-0.15, -0.1) is 0 Å². The Balaban J connectivity index is 1.68. The number of aryl methyl sites for hydroxylation is 2. The molecule has 24 heavy (non-hydrogen) atoms. The lowest BCUT2D eigenvalue weighted by Gasteiger charge is -2.22. The van der Waals surface area contributed by atoms with Crippen molar-refractivity contribution in [2.45, 2.75) is 64.8 Å². The average molecular weight is 327 g/mol. The standard InChI is InChI=1S/C20H29N3O/c1-16(24)21-14-7-12-20-22-18-10-5-6-11-19(18)23(20)15-13-17-8-3-2-4-9-17/h5-6,10-11,17H,2-4,7-9,12-15H2,1H3,(H,21,24). The second kappa shape index (κ2) is 8.32. The highest BCUT2D eigenvalue weighted by molar-refractivity contribution is 5.76. The van der Waals surface area contributed by atoms with Gasteiger partial charge in [-0.1, -0.05) is 44.2 Å². The van der Waals surface area contributed by atoms with Crippen molar-refractivity contribution in [3.05, 3.63) is 30.1 Å². The molecule has 1 aromatic carbocycles. The van der Waals surface area contributed by atoms with Crippen LogP contribution in [0.1, 0.15) is 57.7 Å². The Morgan fingerprint density at radius 3 is 2.83 bits per heavy atom. The summed E-state index contributed by atoms with van der Waals surface area (Å²) in [5.41, 5.74) is 2.35. The summed E-state index contributed by atoms with van der Waals surface area (Å²) in [6.45, 7) is 3.36. The summed E-state index contributed by atoms with van der Waals surface area (Å²) in [5, 5.41) is 2.88. The van der Waals surface area contributed by atoms with Crippen molar-refractivity contribution < 1.29 is 4.79 Å². The van der Waals surface area contributed by atoms with Gasteiger partial charge in [0, 0.05) is 26.4 Å². The summed E-state index contributed by atoms with van der Waals surface area (Å²) in [5.74, 6) is 2.09. The Bertz CT molecular complexity index is 671. The first-order valence-electron chi connectivity index (χ1n) is 9.42. The van der Waals surface area contributed by atoms with Crippen molar-refractivity contribution in [1.82, 2.24) is 14.9 Å². The van der Waals surface area contributed by atoms with Crippen LogP contribution in [0.2, 0.25) is 0 Å². The molecule has 4 nitrogen and oxygen atoms in total. The van der Waals surface area contributed by atoms with Gasteiger partial charge in [0.25, 0.3) is 0 Å². The Labute approximate surface area is 144 Å². The fourth-order valence-electron chi connectivity index (χ4n) is 3.86. The molecule has 4 heteroatoms. The minimum absolute atomic E-state index is 0.0424. The maximum absolute atomic E-state index is 11.0. The number of fused-ring (bicyclic) bond motifs is 1. The lowest BCUT2D eigenvalue weighted by Crippen LogP contribution is -2.21. The third-order valence-electron chi connectivity index (χ3n) is 5.17. The highest BCUT2D eigenvalue weighted by Gasteiger charge is 2.16. The number of benzene rings is 1. The van der Waals surface area contributed by atoms with Gasteiger partial charge < -0.3 is 9.88 Å². The Kier molecular flexibility index (Phi) is 5.89.